The summed E-state index contributed by atoms with van der Waals surface area (Å²) in [6.07, 6.45) is 0.133. The van der Waals surface area contributed by atoms with Gasteiger partial charge in [0.15, 0.2) is 0 Å². The number of esters is 1. The summed E-state index contributed by atoms with van der Waals surface area (Å²) in [5, 5.41) is 1.14. The van der Waals surface area contributed by atoms with E-state index in [0.29, 0.717) is 13.2 Å². The van der Waals surface area contributed by atoms with Crippen LogP contribution in [0, 0.1) is 6.92 Å². The first-order chi connectivity index (χ1) is 10.7. The number of aromatic nitrogens is 1. The van der Waals surface area contributed by atoms with Gasteiger partial charge in [0.1, 0.15) is 5.82 Å². The Bertz CT molecular complexity index is 687. The van der Waals surface area contributed by atoms with Gasteiger partial charge in [0, 0.05) is 18.5 Å². The number of pyridine rings is 1. The molecule has 1 atom stereocenters. The van der Waals surface area contributed by atoms with E-state index in [4.69, 9.17) is 14.5 Å². The minimum absolute atomic E-state index is 0.145. The van der Waals surface area contributed by atoms with Crippen LogP contribution in [0.4, 0.5) is 5.82 Å². The fourth-order valence-electron chi connectivity index (χ4n) is 2.84. The van der Waals surface area contributed by atoms with Crippen molar-refractivity contribution in [2.75, 3.05) is 31.7 Å². The number of hydrogen-bond acceptors (Lipinski definition) is 5. The van der Waals surface area contributed by atoms with E-state index in [2.05, 4.69) is 24.0 Å². The van der Waals surface area contributed by atoms with Gasteiger partial charge in [-0.25, -0.2) is 4.98 Å². The molecule has 1 aliphatic rings. The number of benzene rings is 1. The van der Waals surface area contributed by atoms with Gasteiger partial charge in [-0.3, -0.25) is 4.79 Å². The number of rotatable bonds is 3. The number of anilines is 1. The van der Waals surface area contributed by atoms with Gasteiger partial charge in [0.25, 0.3) is 0 Å². The lowest BCUT2D eigenvalue weighted by Crippen LogP contribution is -2.44. The number of hydrogen-bond donors (Lipinski definition) is 0. The van der Waals surface area contributed by atoms with Crippen LogP contribution in [0.15, 0.2) is 30.3 Å². The van der Waals surface area contributed by atoms with E-state index in [0.717, 1.165) is 28.8 Å². The first-order valence-corrected chi connectivity index (χ1v) is 7.47. The normalized spacial score (nSPS) is 18.5. The SMILES string of the molecule is COC(=O)C[C@H]1CN(c2nc3ccccc3cc2C)CCO1. The summed E-state index contributed by atoms with van der Waals surface area (Å²) < 4.78 is 10.4. The van der Waals surface area contributed by atoms with Crippen LogP contribution in [-0.2, 0) is 14.3 Å². The highest BCUT2D eigenvalue weighted by Crippen LogP contribution is 2.25. The van der Waals surface area contributed by atoms with Gasteiger partial charge < -0.3 is 14.4 Å². The van der Waals surface area contributed by atoms with Crippen LogP contribution < -0.4 is 4.90 Å². The van der Waals surface area contributed by atoms with Crippen LogP contribution >= 0.6 is 0 Å². The van der Waals surface area contributed by atoms with E-state index in [1.54, 1.807) is 0 Å². The molecule has 0 saturated carbocycles. The van der Waals surface area contributed by atoms with Crippen LogP contribution in [0.25, 0.3) is 10.9 Å². The third kappa shape index (κ3) is 3.04. The lowest BCUT2D eigenvalue weighted by Gasteiger charge is -2.34. The molecule has 0 aliphatic carbocycles. The van der Waals surface area contributed by atoms with E-state index in [1.807, 2.05) is 18.2 Å². The minimum Gasteiger partial charge on any atom is -0.469 e. The first kappa shape index (κ1) is 14.8. The standard InChI is InChI=1S/C17H20N2O3/c1-12-9-13-5-3-4-6-15(13)18-17(12)19-7-8-22-14(11-19)10-16(20)21-2/h3-6,9,14H,7-8,10-11H2,1-2H3/t14-/m0/s1. The van der Waals surface area contributed by atoms with E-state index >= 15 is 0 Å². The van der Waals surface area contributed by atoms with E-state index in [-0.39, 0.29) is 18.5 Å². The van der Waals surface area contributed by atoms with Gasteiger partial charge in [-0.15, -0.1) is 0 Å². The fraction of sp³-hybridized carbons (Fsp3) is 0.412. The van der Waals surface area contributed by atoms with Crippen molar-refractivity contribution in [3.05, 3.63) is 35.9 Å². The fourth-order valence-corrected chi connectivity index (χ4v) is 2.84. The van der Waals surface area contributed by atoms with Crippen LogP contribution in [0.5, 0.6) is 0 Å². The Labute approximate surface area is 129 Å². The van der Waals surface area contributed by atoms with Crippen molar-refractivity contribution in [3.63, 3.8) is 0 Å². The molecule has 1 aliphatic heterocycles. The Kier molecular flexibility index (Phi) is 4.24. The third-order valence-corrected chi connectivity index (χ3v) is 3.95. The average molecular weight is 300 g/mol. The number of carbonyl (C=O) groups excluding carboxylic acids is 1. The van der Waals surface area contributed by atoms with Gasteiger partial charge in [0.05, 0.1) is 31.8 Å². The Morgan fingerprint density at radius 3 is 3.09 bits per heavy atom. The maximum Gasteiger partial charge on any atom is 0.308 e. The lowest BCUT2D eigenvalue weighted by atomic mass is 10.1. The summed E-state index contributed by atoms with van der Waals surface area (Å²) in [4.78, 5) is 18.4. The molecular weight excluding hydrogens is 280 g/mol. The highest BCUT2D eigenvalue weighted by molar-refractivity contribution is 5.81. The number of morpholine rings is 1. The zero-order valence-corrected chi connectivity index (χ0v) is 12.9. The van der Waals surface area contributed by atoms with Gasteiger partial charge in [-0.1, -0.05) is 18.2 Å². The maximum atomic E-state index is 11.4. The number of methoxy groups -OCH3 is 1. The van der Waals surface area contributed by atoms with E-state index in [1.165, 1.54) is 7.11 Å². The van der Waals surface area contributed by atoms with Gasteiger partial charge >= 0.3 is 5.97 Å². The minimum atomic E-state index is -0.241. The number of para-hydroxylation sites is 1. The van der Waals surface area contributed by atoms with Crippen molar-refractivity contribution in [1.82, 2.24) is 4.98 Å². The molecule has 1 saturated heterocycles. The summed E-state index contributed by atoms with van der Waals surface area (Å²) in [5.41, 5.74) is 2.12. The number of nitrogens with zero attached hydrogens (tertiary/aromatic N) is 2. The molecule has 0 radical (unpaired) electrons. The molecule has 0 unspecified atom stereocenters. The predicted octanol–water partition coefficient (Wildman–Crippen LogP) is 2.31. The predicted molar refractivity (Wildman–Crippen MR) is 85.1 cm³/mol. The van der Waals surface area contributed by atoms with Crippen molar-refractivity contribution in [2.45, 2.75) is 19.4 Å². The molecule has 3 rings (SSSR count). The molecule has 1 fully saturated rings. The van der Waals surface area contributed by atoms with Crippen molar-refractivity contribution < 1.29 is 14.3 Å². The highest BCUT2D eigenvalue weighted by Gasteiger charge is 2.25. The van der Waals surface area contributed by atoms with Gasteiger partial charge in [0.2, 0.25) is 0 Å². The van der Waals surface area contributed by atoms with Crippen LogP contribution in [0.2, 0.25) is 0 Å². The summed E-state index contributed by atoms with van der Waals surface area (Å²) in [5.74, 6) is 0.729. The second-order valence-electron chi connectivity index (χ2n) is 5.54. The topological polar surface area (TPSA) is 51.7 Å². The number of carbonyl (C=O) groups is 1. The van der Waals surface area contributed by atoms with Crippen LogP contribution in [0.3, 0.4) is 0 Å². The molecule has 5 nitrogen and oxygen atoms in total. The Balaban J connectivity index is 1.83. The summed E-state index contributed by atoms with van der Waals surface area (Å²) in [7, 11) is 1.40. The Morgan fingerprint density at radius 1 is 1.45 bits per heavy atom. The van der Waals surface area contributed by atoms with Crippen LogP contribution in [-0.4, -0.2) is 43.9 Å². The quantitative estimate of drug-likeness (QED) is 0.814. The van der Waals surface area contributed by atoms with Crippen molar-refractivity contribution >= 4 is 22.7 Å². The summed E-state index contributed by atoms with van der Waals surface area (Å²) in [6, 6.07) is 10.3. The molecule has 0 N–H and O–H groups in total. The first-order valence-electron chi connectivity index (χ1n) is 7.47. The molecule has 1 aromatic heterocycles. The van der Waals surface area contributed by atoms with Crippen molar-refractivity contribution in [2.24, 2.45) is 0 Å². The number of fused-ring (bicyclic) bond motifs is 1. The molecule has 22 heavy (non-hydrogen) atoms. The van der Waals surface area contributed by atoms with E-state index in [9.17, 15) is 4.79 Å². The lowest BCUT2D eigenvalue weighted by molar-refractivity contribution is -0.144. The van der Waals surface area contributed by atoms with E-state index < -0.39 is 0 Å². The summed E-state index contributed by atoms with van der Waals surface area (Å²) >= 11 is 0. The summed E-state index contributed by atoms with van der Waals surface area (Å²) in [6.45, 7) is 4.10. The second kappa shape index (κ2) is 6.32. The second-order valence-corrected chi connectivity index (χ2v) is 5.54. The maximum absolute atomic E-state index is 11.4. The van der Waals surface area contributed by atoms with Crippen molar-refractivity contribution in [3.8, 4) is 0 Å². The smallest absolute Gasteiger partial charge is 0.308 e. The van der Waals surface area contributed by atoms with Crippen molar-refractivity contribution in [1.29, 1.82) is 0 Å². The van der Waals surface area contributed by atoms with Gasteiger partial charge in [-0.05, 0) is 24.6 Å². The molecule has 0 bridgehead atoms. The zero-order chi connectivity index (χ0) is 15.5. The molecule has 0 spiro atoms. The molecule has 5 heteroatoms. The Morgan fingerprint density at radius 2 is 2.27 bits per heavy atom. The van der Waals surface area contributed by atoms with Crippen LogP contribution in [0.1, 0.15) is 12.0 Å². The number of aryl methyl sites for hydroxylation is 1. The third-order valence-electron chi connectivity index (χ3n) is 3.95. The average Bonchev–Trinajstić information content (AvgIpc) is 2.54. The molecule has 0 amide bonds. The monoisotopic (exact) mass is 300 g/mol. The molecular formula is C17H20N2O3. The number of ether oxygens (including phenoxy) is 2. The molecule has 116 valence electrons. The molecule has 2 heterocycles. The van der Waals surface area contributed by atoms with Gasteiger partial charge in [-0.2, -0.15) is 0 Å². The highest BCUT2D eigenvalue weighted by atomic mass is 16.5. The Hall–Kier alpha value is -2.14. The molecule has 2 aromatic rings. The zero-order valence-electron chi connectivity index (χ0n) is 12.9. The largest absolute Gasteiger partial charge is 0.469 e. The molecule has 1 aromatic carbocycles.